The highest BCUT2D eigenvalue weighted by Gasteiger charge is 2.33. The molecule has 0 rings (SSSR count). The SMILES string of the molecule is CC(C)(CNC(C)(C)S(=O)(=O)O)[SiH2]N=[N+]=[N-]. The zero-order valence-corrected chi connectivity index (χ0v) is 12.2. The summed E-state index contributed by atoms with van der Waals surface area (Å²) in [7, 11) is -5.15. The Kier molecular flexibility index (Phi) is 4.96. The molecule has 0 saturated carbocycles. The summed E-state index contributed by atoms with van der Waals surface area (Å²) in [5.74, 6) is 0. The first kappa shape index (κ1) is 15.4. The summed E-state index contributed by atoms with van der Waals surface area (Å²) in [6, 6.07) is 0. The van der Waals surface area contributed by atoms with Crippen LogP contribution in [0.3, 0.4) is 0 Å². The molecule has 94 valence electrons. The average Bonchev–Trinajstić information content (AvgIpc) is 2.10. The van der Waals surface area contributed by atoms with Crippen LogP contribution in [-0.4, -0.2) is 34.1 Å². The minimum absolute atomic E-state index is 0.242. The van der Waals surface area contributed by atoms with Crippen LogP contribution in [0.1, 0.15) is 27.7 Å². The van der Waals surface area contributed by atoms with Crippen LogP contribution >= 0.6 is 0 Å². The van der Waals surface area contributed by atoms with Crippen molar-refractivity contribution in [2.75, 3.05) is 6.54 Å². The lowest BCUT2D eigenvalue weighted by atomic mass is 10.2. The van der Waals surface area contributed by atoms with Crippen LogP contribution in [0.25, 0.3) is 10.4 Å². The topological polar surface area (TPSA) is 115 Å². The lowest BCUT2D eigenvalue weighted by molar-refractivity contribution is 0.394. The maximum atomic E-state index is 11.0. The highest BCUT2D eigenvalue weighted by atomic mass is 32.2. The molecule has 0 atom stereocenters. The van der Waals surface area contributed by atoms with Crippen LogP contribution in [0, 0.1) is 0 Å². The van der Waals surface area contributed by atoms with Crippen molar-refractivity contribution < 1.29 is 13.0 Å². The van der Waals surface area contributed by atoms with Crippen molar-refractivity contribution in [3.63, 3.8) is 0 Å². The predicted octanol–water partition coefficient (Wildman–Crippen LogP) is 0.792. The Labute approximate surface area is 97.9 Å². The summed E-state index contributed by atoms with van der Waals surface area (Å²) in [6.45, 7) is 6.91. The maximum Gasteiger partial charge on any atom is 0.283 e. The van der Waals surface area contributed by atoms with Crippen molar-refractivity contribution in [1.82, 2.24) is 5.32 Å². The van der Waals surface area contributed by atoms with Gasteiger partial charge in [-0.3, -0.25) is 9.87 Å². The Morgan fingerprint density at radius 1 is 1.44 bits per heavy atom. The van der Waals surface area contributed by atoms with Crippen LogP contribution in [0.4, 0.5) is 0 Å². The first-order valence-electron chi connectivity index (χ1n) is 4.75. The molecule has 0 aromatic heterocycles. The third-order valence-corrected chi connectivity index (χ3v) is 5.01. The third kappa shape index (κ3) is 4.95. The molecule has 9 heteroatoms. The van der Waals surface area contributed by atoms with Gasteiger partial charge in [0.15, 0.2) is 0 Å². The molecule has 0 saturated heterocycles. The second kappa shape index (κ2) is 5.15. The van der Waals surface area contributed by atoms with E-state index < -0.39 is 24.7 Å². The van der Waals surface area contributed by atoms with Crippen LogP contribution in [0.2, 0.25) is 5.04 Å². The summed E-state index contributed by atoms with van der Waals surface area (Å²) in [5.41, 5.74) is 8.22. The van der Waals surface area contributed by atoms with Crippen LogP contribution in [-0.2, 0) is 10.1 Å². The van der Waals surface area contributed by atoms with Gasteiger partial charge in [0.2, 0.25) is 0 Å². The van der Waals surface area contributed by atoms with Crippen molar-refractivity contribution in [2.45, 2.75) is 37.6 Å². The second-order valence-electron chi connectivity index (χ2n) is 4.89. The first-order chi connectivity index (χ1) is 7.02. The quantitative estimate of drug-likeness (QED) is 0.243. The lowest BCUT2D eigenvalue weighted by Crippen LogP contribution is -2.49. The Morgan fingerprint density at radius 2 is 1.94 bits per heavy atom. The van der Waals surface area contributed by atoms with E-state index in [-0.39, 0.29) is 5.04 Å². The second-order valence-corrected chi connectivity index (χ2v) is 9.38. The monoisotopic (exact) mass is 266 g/mol. The van der Waals surface area contributed by atoms with Gasteiger partial charge in [0.05, 0.1) is 0 Å². The first-order valence-corrected chi connectivity index (χ1v) is 7.53. The molecule has 0 aliphatic carbocycles. The van der Waals surface area contributed by atoms with Gasteiger partial charge in [-0.2, -0.15) is 8.42 Å². The minimum atomic E-state index is -4.14. The molecule has 0 heterocycles. The minimum Gasteiger partial charge on any atom is -0.297 e. The van der Waals surface area contributed by atoms with Gasteiger partial charge in [0, 0.05) is 0 Å². The largest absolute Gasteiger partial charge is 0.297 e. The smallest absolute Gasteiger partial charge is 0.283 e. The Bertz CT molecular complexity index is 386. The third-order valence-electron chi connectivity index (χ3n) is 2.20. The highest BCUT2D eigenvalue weighted by molar-refractivity contribution is 7.87. The molecule has 0 bridgehead atoms. The zero-order chi connectivity index (χ0) is 13.0. The number of azide groups is 1. The van der Waals surface area contributed by atoms with E-state index in [2.05, 4.69) is 15.0 Å². The normalized spacial score (nSPS) is 14.1. The standard InChI is InChI=1S/C7H18N4O3SSi/c1-6(2,16-11-10-8)5-9-7(3,4)15(12,13)14/h9H,5,16H2,1-4H3,(H,12,13,14). The average molecular weight is 266 g/mol. The van der Waals surface area contributed by atoms with Gasteiger partial charge in [-0.25, -0.2) is 0 Å². The van der Waals surface area contributed by atoms with Crippen LogP contribution < -0.4 is 5.32 Å². The fourth-order valence-corrected chi connectivity index (χ4v) is 1.76. The van der Waals surface area contributed by atoms with Gasteiger partial charge in [0.25, 0.3) is 10.1 Å². The van der Waals surface area contributed by atoms with E-state index in [1.807, 2.05) is 13.8 Å². The van der Waals surface area contributed by atoms with E-state index in [4.69, 9.17) is 10.1 Å². The Hall–Kier alpha value is -0.603. The van der Waals surface area contributed by atoms with Crippen molar-refractivity contribution in [1.29, 1.82) is 0 Å². The summed E-state index contributed by atoms with van der Waals surface area (Å²) in [5, 5.41) is 2.52. The number of hydrogen-bond donors (Lipinski definition) is 2. The van der Waals surface area contributed by atoms with Gasteiger partial charge >= 0.3 is 0 Å². The summed E-state index contributed by atoms with van der Waals surface area (Å²) < 4.78 is 34.5. The number of rotatable bonds is 6. The van der Waals surface area contributed by atoms with Gasteiger partial charge in [0.1, 0.15) is 14.6 Å². The maximum absolute atomic E-state index is 11.0. The molecule has 0 unspecified atom stereocenters. The molecule has 0 amide bonds. The molecule has 0 aromatic carbocycles. The predicted molar refractivity (Wildman–Crippen MR) is 65.4 cm³/mol. The molecular formula is C7H18N4O3SSi. The molecule has 7 nitrogen and oxygen atoms in total. The molecule has 0 radical (unpaired) electrons. The molecule has 0 aliphatic rings. The molecule has 0 spiro atoms. The van der Waals surface area contributed by atoms with Gasteiger partial charge in [-0.15, -0.1) is 4.78 Å². The number of nitrogens with zero attached hydrogens (tertiary/aromatic N) is 3. The van der Waals surface area contributed by atoms with Crippen molar-refractivity contribution in [3.05, 3.63) is 10.4 Å². The molecule has 0 aromatic rings. The molecule has 0 aliphatic heterocycles. The number of hydrogen-bond acceptors (Lipinski definition) is 4. The summed E-state index contributed by atoms with van der Waals surface area (Å²) >= 11 is 0. The molecular weight excluding hydrogens is 248 g/mol. The van der Waals surface area contributed by atoms with Gasteiger partial charge in [-0.1, -0.05) is 13.8 Å². The fourth-order valence-electron chi connectivity index (χ4n) is 0.822. The molecule has 16 heavy (non-hydrogen) atoms. The van der Waals surface area contributed by atoms with Crippen molar-refractivity contribution in [2.24, 2.45) is 4.78 Å². The van der Waals surface area contributed by atoms with E-state index in [0.717, 1.165) is 0 Å². The highest BCUT2D eigenvalue weighted by Crippen LogP contribution is 2.23. The van der Waals surface area contributed by atoms with Crippen molar-refractivity contribution in [3.8, 4) is 0 Å². The van der Waals surface area contributed by atoms with E-state index >= 15 is 0 Å². The lowest BCUT2D eigenvalue weighted by Gasteiger charge is -2.29. The number of nitrogens with one attached hydrogen (secondary N) is 1. The van der Waals surface area contributed by atoms with Crippen LogP contribution in [0.15, 0.2) is 4.78 Å². The van der Waals surface area contributed by atoms with Gasteiger partial charge in [-0.05, 0) is 35.9 Å². The van der Waals surface area contributed by atoms with Crippen molar-refractivity contribution >= 4 is 19.8 Å². The zero-order valence-electron chi connectivity index (χ0n) is 9.93. The molecule has 2 N–H and O–H groups in total. The van der Waals surface area contributed by atoms with E-state index in [9.17, 15) is 8.42 Å². The van der Waals surface area contributed by atoms with Crippen LogP contribution in [0.5, 0.6) is 0 Å². The van der Waals surface area contributed by atoms with Gasteiger partial charge < -0.3 is 0 Å². The molecule has 0 fully saturated rings. The summed E-state index contributed by atoms with van der Waals surface area (Å²) in [4.78, 5) is 1.31. The van der Waals surface area contributed by atoms with E-state index in [1.165, 1.54) is 13.8 Å². The Morgan fingerprint density at radius 3 is 2.31 bits per heavy atom. The Balaban J connectivity index is 4.51. The fraction of sp³-hybridized carbons (Fsp3) is 1.00. The summed E-state index contributed by atoms with van der Waals surface area (Å²) in [6.07, 6.45) is 0. The van der Waals surface area contributed by atoms with E-state index in [0.29, 0.717) is 6.54 Å². The van der Waals surface area contributed by atoms with E-state index in [1.54, 1.807) is 0 Å².